The van der Waals surface area contributed by atoms with Crippen LogP contribution in [0.4, 0.5) is 0 Å². The van der Waals surface area contributed by atoms with E-state index in [1.54, 1.807) is 0 Å². The Hall–Kier alpha value is -0.570. The zero-order chi connectivity index (χ0) is 13.6. The molecule has 1 aliphatic rings. The van der Waals surface area contributed by atoms with E-state index in [1.807, 2.05) is 38.1 Å². The van der Waals surface area contributed by atoms with Crippen LogP contribution in [0.2, 0.25) is 5.02 Å². The summed E-state index contributed by atoms with van der Waals surface area (Å²) < 4.78 is 6.03. The molecule has 1 fully saturated rings. The normalized spacial score (nSPS) is 27.1. The average molecular weight is 269 g/mol. The van der Waals surface area contributed by atoms with Crippen molar-refractivity contribution in [3.05, 3.63) is 34.9 Å². The summed E-state index contributed by atoms with van der Waals surface area (Å²) in [5, 5.41) is 11.2. The van der Waals surface area contributed by atoms with E-state index in [2.05, 4.69) is 13.8 Å². The molecule has 0 radical (unpaired) electrons. The number of benzene rings is 1. The molecule has 18 heavy (non-hydrogen) atoms. The zero-order valence-corrected chi connectivity index (χ0v) is 12.2. The van der Waals surface area contributed by atoms with Crippen LogP contribution in [0, 0.1) is 5.92 Å². The van der Waals surface area contributed by atoms with Crippen LogP contribution in [-0.4, -0.2) is 16.3 Å². The van der Waals surface area contributed by atoms with Crippen molar-refractivity contribution in [2.24, 2.45) is 5.92 Å². The van der Waals surface area contributed by atoms with Gasteiger partial charge < -0.3 is 9.84 Å². The van der Waals surface area contributed by atoms with Crippen LogP contribution >= 0.6 is 11.6 Å². The maximum atomic E-state index is 10.6. The molecule has 0 spiro atoms. The lowest BCUT2D eigenvalue weighted by Gasteiger charge is -2.30. The number of hydrogen-bond donors (Lipinski definition) is 1. The highest BCUT2D eigenvalue weighted by atomic mass is 35.5. The fraction of sp³-hybridized carbons (Fsp3) is 0.600. The lowest BCUT2D eigenvalue weighted by atomic mass is 9.80. The molecule has 2 rings (SSSR count). The second kappa shape index (κ2) is 4.52. The summed E-state index contributed by atoms with van der Waals surface area (Å²) >= 11 is 6.16. The fourth-order valence-corrected chi connectivity index (χ4v) is 3.28. The molecular formula is C15H21ClO2. The lowest BCUT2D eigenvalue weighted by Crippen LogP contribution is -2.32. The first-order valence-electron chi connectivity index (χ1n) is 6.36. The molecular weight excluding hydrogens is 248 g/mol. The summed E-state index contributed by atoms with van der Waals surface area (Å²) in [4.78, 5) is 0. The highest BCUT2D eigenvalue weighted by Crippen LogP contribution is 2.48. The van der Waals surface area contributed by atoms with Gasteiger partial charge in [0.1, 0.15) is 0 Å². The minimum absolute atomic E-state index is 0.0485. The van der Waals surface area contributed by atoms with Gasteiger partial charge in [-0.1, -0.05) is 29.8 Å². The number of aliphatic hydroxyl groups excluding tert-OH is 1. The van der Waals surface area contributed by atoms with Gasteiger partial charge >= 0.3 is 0 Å². The fourth-order valence-electron chi connectivity index (χ4n) is 3.03. The van der Waals surface area contributed by atoms with E-state index in [0.717, 1.165) is 12.0 Å². The molecule has 1 heterocycles. The minimum atomic E-state index is -0.588. The van der Waals surface area contributed by atoms with E-state index >= 15 is 0 Å². The van der Waals surface area contributed by atoms with Crippen LogP contribution in [-0.2, 0) is 4.74 Å². The molecule has 3 heteroatoms. The molecule has 2 unspecified atom stereocenters. The van der Waals surface area contributed by atoms with Crippen LogP contribution < -0.4 is 0 Å². The topological polar surface area (TPSA) is 29.5 Å². The van der Waals surface area contributed by atoms with Crippen LogP contribution in [0.3, 0.4) is 0 Å². The Labute approximate surface area is 114 Å². The maximum absolute atomic E-state index is 10.6. The van der Waals surface area contributed by atoms with Gasteiger partial charge in [-0.2, -0.15) is 0 Å². The Morgan fingerprint density at radius 3 is 2.39 bits per heavy atom. The van der Waals surface area contributed by atoms with Crippen molar-refractivity contribution < 1.29 is 9.84 Å². The predicted octanol–water partition coefficient (Wildman–Crippen LogP) is 3.97. The molecule has 0 bridgehead atoms. The van der Waals surface area contributed by atoms with Gasteiger partial charge in [-0.05, 0) is 45.7 Å². The molecule has 0 amide bonds. The average Bonchev–Trinajstić information content (AvgIpc) is 2.46. The second-order valence-corrected chi connectivity index (χ2v) is 6.65. The van der Waals surface area contributed by atoms with Crippen molar-refractivity contribution in [3.8, 4) is 0 Å². The van der Waals surface area contributed by atoms with Crippen LogP contribution in [0.1, 0.15) is 45.8 Å². The first-order chi connectivity index (χ1) is 8.23. The van der Waals surface area contributed by atoms with Gasteiger partial charge in [-0.15, -0.1) is 0 Å². The van der Waals surface area contributed by atoms with Crippen LogP contribution in [0.5, 0.6) is 0 Å². The summed E-state index contributed by atoms with van der Waals surface area (Å²) in [6.45, 7) is 8.20. The van der Waals surface area contributed by atoms with E-state index < -0.39 is 6.10 Å². The van der Waals surface area contributed by atoms with Crippen molar-refractivity contribution in [1.29, 1.82) is 0 Å². The van der Waals surface area contributed by atoms with Crippen LogP contribution in [0.15, 0.2) is 24.3 Å². The van der Waals surface area contributed by atoms with Crippen molar-refractivity contribution >= 4 is 11.6 Å². The monoisotopic (exact) mass is 268 g/mol. The smallest absolute Gasteiger partial charge is 0.0860 e. The van der Waals surface area contributed by atoms with Gasteiger partial charge in [-0.25, -0.2) is 0 Å². The molecule has 1 N–H and O–H groups in total. The Morgan fingerprint density at radius 1 is 1.28 bits per heavy atom. The van der Waals surface area contributed by atoms with E-state index in [4.69, 9.17) is 16.3 Å². The van der Waals surface area contributed by atoms with Gasteiger partial charge in [-0.3, -0.25) is 0 Å². The highest BCUT2D eigenvalue weighted by molar-refractivity contribution is 6.31. The van der Waals surface area contributed by atoms with Crippen molar-refractivity contribution in [1.82, 2.24) is 0 Å². The van der Waals surface area contributed by atoms with E-state index in [9.17, 15) is 5.11 Å². The SMILES string of the molecule is CC1(C)CC(C(O)c2ccccc2Cl)C(C)(C)O1. The third-order valence-electron chi connectivity index (χ3n) is 3.75. The standard InChI is InChI=1S/C15H21ClO2/c1-14(2)9-11(15(3,4)18-14)13(17)10-7-5-6-8-12(10)16/h5-8,11,13,17H,9H2,1-4H3. The molecule has 1 aromatic carbocycles. The highest BCUT2D eigenvalue weighted by Gasteiger charge is 2.49. The first kappa shape index (κ1) is 13.9. The Balaban J connectivity index is 2.30. The van der Waals surface area contributed by atoms with Crippen LogP contribution in [0.25, 0.3) is 0 Å². The summed E-state index contributed by atoms with van der Waals surface area (Å²) in [6, 6.07) is 7.47. The largest absolute Gasteiger partial charge is 0.388 e. The van der Waals surface area contributed by atoms with Gasteiger partial charge in [0.15, 0.2) is 0 Å². The quantitative estimate of drug-likeness (QED) is 0.880. The third-order valence-corrected chi connectivity index (χ3v) is 4.09. The molecule has 0 aliphatic carbocycles. The molecule has 1 aromatic rings. The number of ether oxygens (including phenoxy) is 1. The number of aliphatic hydroxyl groups is 1. The first-order valence-corrected chi connectivity index (χ1v) is 6.73. The van der Waals surface area contributed by atoms with E-state index in [0.29, 0.717) is 5.02 Å². The maximum Gasteiger partial charge on any atom is 0.0860 e. The molecule has 1 aliphatic heterocycles. The lowest BCUT2D eigenvalue weighted by molar-refractivity contribution is -0.0880. The Bertz CT molecular complexity index is 440. The second-order valence-electron chi connectivity index (χ2n) is 6.24. The molecule has 2 atom stereocenters. The Kier molecular flexibility index (Phi) is 3.48. The van der Waals surface area contributed by atoms with Crippen molar-refractivity contribution in [3.63, 3.8) is 0 Å². The zero-order valence-electron chi connectivity index (χ0n) is 11.4. The predicted molar refractivity (Wildman–Crippen MR) is 73.8 cm³/mol. The van der Waals surface area contributed by atoms with Gasteiger partial charge in [0.05, 0.1) is 17.3 Å². The van der Waals surface area contributed by atoms with Gasteiger partial charge in [0, 0.05) is 10.9 Å². The van der Waals surface area contributed by atoms with Crippen molar-refractivity contribution in [2.45, 2.75) is 51.4 Å². The minimum Gasteiger partial charge on any atom is -0.388 e. The summed E-state index contributed by atoms with van der Waals surface area (Å²) in [5.41, 5.74) is 0.247. The molecule has 100 valence electrons. The number of hydrogen-bond acceptors (Lipinski definition) is 2. The summed E-state index contributed by atoms with van der Waals surface area (Å²) in [5.74, 6) is 0.0485. The van der Waals surface area contributed by atoms with Gasteiger partial charge in [0.2, 0.25) is 0 Å². The Morgan fingerprint density at radius 2 is 1.89 bits per heavy atom. The molecule has 0 aromatic heterocycles. The summed E-state index contributed by atoms with van der Waals surface area (Å²) in [7, 11) is 0. The molecule has 1 saturated heterocycles. The molecule has 2 nitrogen and oxygen atoms in total. The molecule has 0 saturated carbocycles. The van der Waals surface area contributed by atoms with Crippen molar-refractivity contribution in [2.75, 3.05) is 0 Å². The number of halogens is 1. The third kappa shape index (κ3) is 2.56. The van der Waals surface area contributed by atoms with Gasteiger partial charge in [0.25, 0.3) is 0 Å². The van der Waals surface area contributed by atoms with E-state index in [-0.39, 0.29) is 17.1 Å². The van der Waals surface area contributed by atoms with E-state index in [1.165, 1.54) is 0 Å². The number of rotatable bonds is 2. The summed E-state index contributed by atoms with van der Waals surface area (Å²) in [6.07, 6.45) is 0.238.